The number of carbonyl (C=O) groups is 2. The molecule has 0 aromatic heterocycles. The maximum absolute atomic E-state index is 15.4. The van der Waals surface area contributed by atoms with Crippen molar-refractivity contribution in [2.24, 2.45) is 5.41 Å². The predicted octanol–water partition coefficient (Wildman–Crippen LogP) is 9.76. The van der Waals surface area contributed by atoms with E-state index in [2.05, 4.69) is 10.6 Å². The Morgan fingerprint density at radius 3 is 1.00 bits per heavy atom. The molecule has 0 spiro atoms. The summed E-state index contributed by atoms with van der Waals surface area (Å²) in [5.41, 5.74) is 3.08. The maximum Gasteiger partial charge on any atom is 0.236 e. The van der Waals surface area contributed by atoms with Crippen molar-refractivity contribution in [3.05, 3.63) is 213 Å². The topological polar surface area (TPSA) is 98.7 Å². The van der Waals surface area contributed by atoms with Gasteiger partial charge in [0.2, 0.25) is 11.8 Å². The lowest BCUT2D eigenvalue weighted by Gasteiger charge is -2.43. The second-order valence-electron chi connectivity index (χ2n) is 16.3. The Morgan fingerprint density at radius 2 is 0.724 bits per heavy atom. The van der Waals surface area contributed by atoms with Crippen molar-refractivity contribution >= 4 is 11.8 Å². The normalized spacial score (nSPS) is 15.2. The number of carbonyl (C=O) groups excluding carboxylic acids is 2. The number of rotatable bonds is 12. The highest BCUT2D eigenvalue weighted by Gasteiger charge is 2.52. The molecule has 0 saturated heterocycles. The molecular formula is C52H54N2O4. The number of hydrogen-bond donors (Lipinski definition) is 4. The smallest absolute Gasteiger partial charge is 0.236 e. The molecule has 6 aromatic rings. The van der Waals surface area contributed by atoms with Crippen LogP contribution in [-0.2, 0) is 20.8 Å². The maximum atomic E-state index is 15.4. The minimum atomic E-state index is -1.71. The zero-order chi connectivity index (χ0) is 40.9. The number of amides is 2. The van der Waals surface area contributed by atoms with Crippen LogP contribution in [0.2, 0.25) is 0 Å². The quantitative estimate of drug-likeness (QED) is 0.0932. The Balaban J connectivity index is 1.35. The number of aliphatic hydroxyl groups is 2. The molecule has 6 heteroatoms. The number of hydrogen-bond acceptors (Lipinski definition) is 4. The Bertz CT molecular complexity index is 2050. The summed E-state index contributed by atoms with van der Waals surface area (Å²) >= 11 is 0. The molecule has 7 rings (SSSR count). The highest BCUT2D eigenvalue weighted by Crippen LogP contribution is 2.46. The van der Waals surface area contributed by atoms with Crippen LogP contribution < -0.4 is 10.6 Å². The predicted molar refractivity (Wildman–Crippen MR) is 231 cm³/mol. The summed E-state index contributed by atoms with van der Waals surface area (Å²) < 4.78 is 0. The molecular weight excluding hydrogens is 717 g/mol. The van der Waals surface area contributed by atoms with Crippen LogP contribution in [0.15, 0.2) is 158 Å². The van der Waals surface area contributed by atoms with Gasteiger partial charge in [-0.3, -0.25) is 9.59 Å². The van der Waals surface area contributed by atoms with Crippen LogP contribution in [0.1, 0.15) is 99.8 Å². The van der Waals surface area contributed by atoms with Gasteiger partial charge in [0.05, 0.1) is 12.1 Å². The summed E-state index contributed by atoms with van der Waals surface area (Å²) in [5.74, 6) is -0.922. The van der Waals surface area contributed by atoms with Crippen molar-refractivity contribution in [1.29, 1.82) is 0 Å². The van der Waals surface area contributed by atoms with E-state index < -0.39 is 40.5 Å². The summed E-state index contributed by atoms with van der Waals surface area (Å²) in [7, 11) is 0. The van der Waals surface area contributed by atoms with Crippen LogP contribution in [0.5, 0.6) is 0 Å². The fourth-order valence-electron chi connectivity index (χ4n) is 8.63. The first-order chi connectivity index (χ1) is 27.9. The average Bonchev–Trinajstić information content (AvgIpc) is 3.25. The van der Waals surface area contributed by atoms with Crippen LogP contribution in [0.25, 0.3) is 0 Å². The van der Waals surface area contributed by atoms with E-state index in [0.29, 0.717) is 59.1 Å². The van der Waals surface area contributed by atoms with Gasteiger partial charge in [0, 0.05) is 0 Å². The lowest BCUT2D eigenvalue weighted by atomic mass is 9.70. The second-order valence-corrected chi connectivity index (χ2v) is 16.3. The van der Waals surface area contributed by atoms with E-state index in [4.69, 9.17) is 0 Å². The molecule has 0 aliphatic heterocycles. The average molecular weight is 771 g/mol. The first kappa shape index (κ1) is 40.4. The molecule has 0 unspecified atom stereocenters. The Kier molecular flexibility index (Phi) is 11.8. The van der Waals surface area contributed by atoms with E-state index in [1.807, 2.05) is 185 Å². The Labute approximate surface area is 343 Å². The van der Waals surface area contributed by atoms with Crippen molar-refractivity contribution in [1.82, 2.24) is 10.6 Å². The Hall–Kier alpha value is -5.82. The highest BCUT2D eigenvalue weighted by molar-refractivity contribution is 6.05. The van der Waals surface area contributed by atoms with Crippen molar-refractivity contribution in [2.75, 3.05) is 0 Å². The van der Waals surface area contributed by atoms with Crippen molar-refractivity contribution in [2.45, 2.75) is 83.1 Å². The van der Waals surface area contributed by atoms with Gasteiger partial charge < -0.3 is 20.8 Å². The third-order valence-electron chi connectivity index (χ3n) is 12.2. The first-order valence-electron chi connectivity index (χ1n) is 20.4. The molecule has 0 heterocycles. The summed E-state index contributed by atoms with van der Waals surface area (Å²) in [6, 6.07) is 48.0. The lowest BCUT2D eigenvalue weighted by molar-refractivity contribution is -0.149. The van der Waals surface area contributed by atoms with Crippen LogP contribution >= 0.6 is 0 Å². The van der Waals surface area contributed by atoms with Crippen LogP contribution in [0.4, 0.5) is 0 Å². The fraction of sp³-hybridized carbons (Fsp3) is 0.269. The first-order valence-corrected chi connectivity index (χ1v) is 20.4. The van der Waals surface area contributed by atoms with Crippen molar-refractivity contribution in [3.63, 3.8) is 0 Å². The standard InChI is InChI=1S/C52H54N2O4/c1-36-18-26-42(27-19-36)51(57,43-28-20-37(2)21-29-43)46(40-14-8-5-9-15-40)53-48(55)50(34-12-7-13-35-50)49(56)54-47(41-16-10-6-11-17-41)52(58,44-30-22-38(3)23-31-44)45-32-24-39(4)25-33-45/h5-6,8-11,14-33,46-47,57-58H,7,12-13,34-35H2,1-4H3,(H,53,55)(H,54,56)/t46-,47-/m1/s1. The molecule has 1 aliphatic carbocycles. The van der Waals surface area contributed by atoms with Gasteiger partial charge in [0.15, 0.2) is 0 Å². The minimum Gasteiger partial charge on any atom is -0.378 e. The van der Waals surface area contributed by atoms with Crippen LogP contribution in [-0.4, -0.2) is 22.0 Å². The van der Waals surface area contributed by atoms with E-state index in [-0.39, 0.29) is 0 Å². The van der Waals surface area contributed by atoms with Gasteiger partial charge in [0.25, 0.3) is 0 Å². The van der Waals surface area contributed by atoms with Gasteiger partial charge in [-0.05, 0) is 73.9 Å². The third kappa shape index (κ3) is 7.87. The molecule has 296 valence electrons. The van der Waals surface area contributed by atoms with Gasteiger partial charge in [-0.25, -0.2) is 0 Å². The molecule has 2 amide bonds. The monoisotopic (exact) mass is 770 g/mol. The second kappa shape index (κ2) is 17.0. The zero-order valence-corrected chi connectivity index (χ0v) is 33.9. The van der Waals surface area contributed by atoms with Gasteiger partial charge in [0.1, 0.15) is 16.6 Å². The third-order valence-corrected chi connectivity index (χ3v) is 12.2. The summed E-state index contributed by atoms with van der Waals surface area (Å²) in [5, 5.41) is 33.1. The fourth-order valence-corrected chi connectivity index (χ4v) is 8.63. The van der Waals surface area contributed by atoms with Gasteiger partial charge >= 0.3 is 0 Å². The summed E-state index contributed by atoms with van der Waals surface area (Å²) in [6.45, 7) is 7.99. The SMILES string of the molecule is Cc1ccc(C(O)(c2ccc(C)cc2)[C@H](NC(=O)C2(C(=O)N[C@H](c3ccccc3)C(O)(c3ccc(C)cc3)c3ccc(C)cc3)CCCCC2)c2ccccc2)cc1. The van der Waals surface area contributed by atoms with Gasteiger partial charge in [-0.1, -0.05) is 199 Å². The summed E-state index contributed by atoms with van der Waals surface area (Å²) in [6.07, 6.45) is 2.86. The molecule has 2 atom stereocenters. The molecule has 1 fully saturated rings. The molecule has 6 aromatic carbocycles. The van der Waals surface area contributed by atoms with Crippen molar-refractivity contribution in [3.8, 4) is 0 Å². The molecule has 0 bridgehead atoms. The van der Waals surface area contributed by atoms with E-state index in [9.17, 15) is 10.2 Å². The largest absolute Gasteiger partial charge is 0.378 e. The van der Waals surface area contributed by atoms with Gasteiger partial charge in [-0.15, -0.1) is 0 Å². The Morgan fingerprint density at radius 1 is 0.448 bits per heavy atom. The minimum absolute atomic E-state index is 0.314. The molecule has 0 radical (unpaired) electrons. The number of nitrogens with one attached hydrogen (secondary N) is 2. The lowest BCUT2D eigenvalue weighted by Crippen LogP contribution is -2.57. The number of benzene rings is 6. The molecule has 6 nitrogen and oxygen atoms in total. The van der Waals surface area contributed by atoms with Gasteiger partial charge in [-0.2, -0.15) is 0 Å². The van der Waals surface area contributed by atoms with E-state index >= 15 is 9.59 Å². The molecule has 4 N–H and O–H groups in total. The van der Waals surface area contributed by atoms with E-state index in [1.165, 1.54) is 0 Å². The van der Waals surface area contributed by atoms with E-state index in [0.717, 1.165) is 28.7 Å². The summed E-state index contributed by atoms with van der Waals surface area (Å²) in [4.78, 5) is 30.8. The number of aryl methyl sites for hydroxylation is 4. The molecule has 1 saturated carbocycles. The van der Waals surface area contributed by atoms with Crippen molar-refractivity contribution < 1.29 is 19.8 Å². The van der Waals surface area contributed by atoms with E-state index in [1.54, 1.807) is 0 Å². The van der Waals surface area contributed by atoms with Crippen LogP contribution in [0, 0.1) is 33.1 Å². The molecule has 1 aliphatic rings. The molecule has 58 heavy (non-hydrogen) atoms. The van der Waals surface area contributed by atoms with Crippen LogP contribution in [0.3, 0.4) is 0 Å². The zero-order valence-electron chi connectivity index (χ0n) is 33.9. The highest BCUT2D eigenvalue weighted by atomic mass is 16.3.